The summed E-state index contributed by atoms with van der Waals surface area (Å²) in [5.74, 6) is -0.497. The fourth-order valence-electron chi connectivity index (χ4n) is 2.54. The molecule has 0 atom stereocenters. The van der Waals surface area contributed by atoms with E-state index in [1.807, 2.05) is 32.1 Å². The molecule has 6 nitrogen and oxygen atoms in total. The number of hydrogen-bond donors (Lipinski definition) is 0. The van der Waals surface area contributed by atoms with E-state index in [0.29, 0.717) is 31.7 Å². The van der Waals surface area contributed by atoms with Crippen molar-refractivity contribution in [3.8, 4) is 0 Å². The highest BCUT2D eigenvalue weighted by Crippen LogP contribution is 2.28. The Morgan fingerprint density at radius 1 is 1.38 bits per heavy atom. The number of ether oxygens (including phenoxy) is 1. The molecule has 0 amide bonds. The van der Waals surface area contributed by atoms with Gasteiger partial charge in [0.15, 0.2) is 5.69 Å². The Bertz CT molecular complexity index is 600. The summed E-state index contributed by atoms with van der Waals surface area (Å²) in [7, 11) is 3.77. The molecule has 0 saturated carbocycles. The molecule has 0 N–H and O–H groups in total. The largest absolute Gasteiger partial charge is 0.461 e. The highest BCUT2D eigenvalue weighted by atomic mass is 16.5. The van der Waals surface area contributed by atoms with Gasteiger partial charge in [0, 0.05) is 38.0 Å². The standard InChI is InChI=1S/C15H21N3O3/c1-5-18-13-11(12(16-18)15(20)21-6-2)8-7-10(14(13)19)9-17(3)4/h9H,5-8H2,1-4H3/b10-9-. The molecule has 0 unspecified atom stereocenters. The van der Waals surface area contributed by atoms with E-state index in [9.17, 15) is 9.59 Å². The Morgan fingerprint density at radius 3 is 2.67 bits per heavy atom. The second-order valence-corrected chi connectivity index (χ2v) is 5.16. The fourth-order valence-corrected chi connectivity index (χ4v) is 2.54. The van der Waals surface area contributed by atoms with Crippen molar-refractivity contribution in [2.75, 3.05) is 20.7 Å². The Kier molecular flexibility index (Phi) is 4.45. The van der Waals surface area contributed by atoms with Crippen molar-refractivity contribution in [1.82, 2.24) is 14.7 Å². The monoisotopic (exact) mass is 291 g/mol. The van der Waals surface area contributed by atoms with E-state index in [2.05, 4.69) is 5.10 Å². The number of fused-ring (bicyclic) bond motifs is 1. The maximum absolute atomic E-state index is 12.6. The number of allylic oxidation sites excluding steroid dienone is 1. The van der Waals surface area contributed by atoms with Crippen molar-refractivity contribution in [2.24, 2.45) is 0 Å². The van der Waals surface area contributed by atoms with Crippen LogP contribution in [-0.2, 0) is 17.7 Å². The summed E-state index contributed by atoms with van der Waals surface area (Å²) in [4.78, 5) is 26.5. The van der Waals surface area contributed by atoms with E-state index < -0.39 is 5.97 Å². The van der Waals surface area contributed by atoms with Gasteiger partial charge in [-0.2, -0.15) is 5.10 Å². The van der Waals surface area contributed by atoms with Gasteiger partial charge in [-0.05, 0) is 26.7 Å². The first-order chi connectivity index (χ1) is 9.99. The van der Waals surface area contributed by atoms with Crippen molar-refractivity contribution < 1.29 is 14.3 Å². The molecular formula is C15H21N3O3. The predicted octanol–water partition coefficient (Wildman–Crippen LogP) is 1.65. The number of nitrogens with zero attached hydrogens (tertiary/aromatic N) is 3. The molecule has 0 bridgehead atoms. The van der Waals surface area contributed by atoms with E-state index in [4.69, 9.17) is 4.74 Å². The first-order valence-corrected chi connectivity index (χ1v) is 7.18. The number of rotatable bonds is 4. The topological polar surface area (TPSA) is 64.4 Å². The molecule has 1 aromatic rings. The minimum Gasteiger partial charge on any atom is -0.461 e. The van der Waals surface area contributed by atoms with Crippen molar-refractivity contribution in [2.45, 2.75) is 33.2 Å². The molecule has 0 saturated heterocycles. The molecule has 6 heteroatoms. The lowest BCUT2D eigenvalue weighted by Gasteiger charge is -2.17. The summed E-state index contributed by atoms with van der Waals surface area (Å²) in [5.41, 5.74) is 2.28. The number of Topliss-reactive ketones (excluding diaryl/α,β-unsaturated/α-hetero) is 1. The van der Waals surface area contributed by atoms with Crippen molar-refractivity contribution >= 4 is 11.8 Å². The zero-order valence-electron chi connectivity index (χ0n) is 13.0. The zero-order valence-corrected chi connectivity index (χ0v) is 13.0. The first-order valence-electron chi connectivity index (χ1n) is 7.18. The summed E-state index contributed by atoms with van der Waals surface area (Å²) in [5, 5.41) is 4.27. The lowest BCUT2D eigenvalue weighted by molar-refractivity contribution is 0.0517. The number of carbonyl (C=O) groups is 2. The minimum atomic E-state index is -0.450. The number of carbonyl (C=O) groups excluding carboxylic acids is 2. The van der Waals surface area contributed by atoms with Gasteiger partial charge in [0.25, 0.3) is 0 Å². The van der Waals surface area contributed by atoms with Crippen molar-refractivity contribution in [1.29, 1.82) is 0 Å². The van der Waals surface area contributed by atoms with Crippen LogP contribution in [0.1, 0.15) is 46.8 Å². The van der Waals surface area contributed by atoms with Gasteiger partial charge in [-0.25, -0.2) is 4.79 Å². The highest BCUT2D eigenvalue weighted by Gasteiger charge is 2.32. The molecule has 1 aliphatic carbocycles. The number of esters is 1. The van der Waals surface area contributed by atoms with Gasteiger partial charge in [0.1, 0.15) is 5.69 Å². The van der Waals surface area contributed by atoms with Crippen LogP contribution < -0.4 is 0 Å². The highest BCUT2D eigenvalue weighted by molar-refractivity contribution is 6.11. The van der Waals surface area contributed by atoms with Crippen LogP contribution in [0.25, 0.3) is 0 Å². The summed E-state index contributed by atoms with van der Waals surface area (Å²) >= 11 is 0. The van der Waals surface area contributed by atoms with Crippen LogP contribution in [0.4, 0.5) is 0 Å². The number of ketones is 1. The fraction of sp³-hybridized carbons (Fsp3) is 0.533. The zero-order chi connectivity index (χ0) is 15.6. The third-order valence-electron chi connectivity index (χ3n) is 3.38. The molecule has 2 rings (SSSR count). The Hall–Kier alpha value is -2.11. The van der Waals surface area contributed by atoms with E-state index >= 15 is 0 Å². The van der Waals surface area contributed by atoms with Crippen LogP contribution in [0.15, 0.2) is 11.8 Å². The second kappa shape index (κ2) is 6.11. The van der Waals surface area contributed by atoms with Crippen LogP contribution in [0, 0.1) is 0 Å². The van der Waals surface area contributed by atoms with Gasteiger partial charge < -0.3 is 9.64 Å². The summed E-state index contributed by atoms with van der Waals surface area (Å²) in [6, 6.07) is 0. The SMILES string of the molecule is CCOC(=O)c1nn(CC)c2c1CC/C(=C/N(C)C)C2=O. The predicted molar refractivity (Wildman–Crippen MR) is 78.3 cm³/mol. The summed E-state index contributed by atoms with van der Waals surface area (Å²) in [6.07, 6.45) is 3.09. The molecule has 0 aromatic carbocycles. The van der Waals surface area contributed by atoms with E-state index in [-0.39, 0.29) is 11.5 Å². The van der Waals surface area contributed by atoms with E-state index in [0.717, 1.165) is 11.1 Å². The van der Waals surface area contributed by atoms with Crippen LogP contribution >= 0.6 is 0 Å². The molecule has 114 valence electrons. The summed E-state index contributed by atoms with van der Waals surface area (Å²) < 4.78 is 6.63. The number of aryl methyl sites for hydroxylation is 1. The maximum Gasteiger partial charge on any atom is 0.359 e. The van der Waals surface area contributed by atoms with Crippen LogP contribution in [0.3, 0.4) is 0 Å². The van der Waals surface area contributed by atoms with E-state index in [1.165, 1.54) is 0 Å². The van der Waals surface area contributed by atoms with Crippen LogP contribution in [-0.4, -0.2) is 47.1 Å². The smallest absolute Gasteiger partial charge is 0.359 e. The number of hydrogen-bond acceptors (Lipinski definition) is 5. The quantitative estimate of drug-likeness (QED) is 0.623. The molecular weight excluding hydrogens is 270 g/mol. The average molecular weight is 291 g/mol. The second-order valence-electron chi connectivity index (χ2n) is 5.16. The van der Waals surface area contributed by atoms with Gasteiger partial charge in [0.05, 0.1) is 6.61 Å². The molecule has 1 aliphatic rings. The van der Waals surface area contributed by atoms with Gasteiger partial charge in [0.2, 0.25) is 5.78 Å². The van der Waals surface area contributed by atoms with Gasteiger partial charge >= 0.3 is 5.97 Å². The Balaban J connectivity index is 2.48. The Morgan fingerprint density at radius 2 is 2.10 bits per heavy atom. The van der Waals surface area contributed by atoms with Crippen LogP contribution in [0.5, 0.6) is 0 Å². The average Bonchev–Trinajstić information content (AvgIpc) is 2.81. The first kappa shape index (κ1) is 15.3. The van der Waals surface area contributed by atoms with Crippen LogP contribution in [0.2, 0.25) is 0 Å². The van der Waals surface area contributed by atoms with Gasteiger partial charge in [-0.15, -0.1) is 0 Å². The maximum atomic E-state index is 12.6. The minimum absolute atomic E-state index is 0.0464. The van der Waals surface area contributed by atoms with Gasteiger partial charge in [-0.1, -0.05) is 0 Å². The molecule has 21 heavy (non-hydrogen) atoms. The Labute approximate surface area is 124 Å². The van der Waals surface area contributed by atoms with E-state index in [1.54, 1.807) is 11.6 Å². The lowest BCUT2D eigenvalue weighted by atomic mass is 9.90. The normalized spacial score (nSPS) is 16.0. The lowest BCUT2D eigenvalue weighted by Crippen LogP contribution is -2.20. The molecule has 0 spiro atoms. The third-order valence-corrected chi connectivity index (χ3v) is 3.38. The van der Waals surface area contributed by atoms with Gasteiger partial charge in [-0.3, -0.25) is 9.48 Å². The molecule has 1 heterocycles. The third kappa shape index (κ3) is 2.84. The molecule has 0 fully saturated rings. The van der Waals surface area contributed by atoms with Crippen molar-refractivity contribution in [3.63, 3.8) is 0 Å². The number of aromatic nitrogens is 2. The summed E-state index contributed by atoms with van der Waals surface area (Å²) in [6.45, 7) is 4.50. The molecule has 0 radical (unpaired) electrons. The molecule has 0 aliphatic heterocycles. The molecule has 1 aromatic heterocycles. The van der Waals surface area contributed by atoms with Crippen molar-refractivity contribution in [3.05, 3.63) is 28.7 Å².